The van der Waals surface area contributed by atoms with Gasteiger partial charge >= 0.3 is 6.09 Å². The summed E-state index contributed by atoms with van der Waals surface area (Å²) < 4.78 is 16.6. The second-order valence-corrected chi connectivity index (χ2v) is 10.8. The predicted octanol–water partition coefficient (Wildman–Crippen LogP) is 5.76. The van der Waals surface area contributed by atoms with Crippen LogP contribution in [0.1, 0.15) is 27.0 Å². The van der Waals surface area contributed by atoms with Crippen LogP contribution in [0.2, 0.25) is 0 Å². The quantitative estimate of drug-likeness (QED) is 0.218. The fourth-order valence-corrected chi connectivity index (χ4v) is 4.55. The van der Waals surface area contributed by atoms with Crippen molar-refractivity contribution in [2.75, 3.05) is 58.7 Å². The first-order valence-electron chi connectivity index (χ1n) is 14.4. The number of ether oxygens (including phenoxy) is 3. The lowest BCUT2D eigenvalue weighted by atomic mass is 9.97. The van der Waals surface area contributed by atoms with E-state index in [0.717, 1.165) is 28.8 Å². The third kappa shape index (κ3) is 8.07. The predicted molar refractivity (Wildman–Crippen MR) is 176 cm³/mol. The van der Waals surface area contributed by atoms with Crippen molar-refractivity contribution in [1.29, 1.82) is 0 Å². The van der Waals surface area contributed by atoms with Crippen molar-refractivity contribution in [1.82, 2.24) is 20.2 Å². The Hall–Kier alpha value is -5.16. The Morgan fingerprint density at radius 3 is 2.24 bits per heavy atom. The average molecular weight is 613 g/mol. The Labute approximate surface area is 264 Å². The number of aryl methyl sites for hydroxylation is 1. The van der Waals surface area contributed by atoms with E-state index in [0.29, 0.717) is 40.7 Å². The van der Waals surface area contributed by atoms with Crippen LogP contribution in [0.15, 0.2) is 60.7 Å². The number of likely N-dealkylation sites (N-methyl/N-ethyl adjacent to an activating group) is 1. The van der Waals surface area contributed by atoms with Crippen LogP contribution in [0.25, 0.3) is 11.3 Å². The molecule has 4 aromatic rings. The summed E-state index contributed by atoms with van der Waals surface area (Å²) in [6, 6.07) is 17.8. The Bertz CT molecular complexity index is 1670. The van der Waals surface area contributed by atoms with Crippen molar-refractivity contribution in [2.45, 2.75) is 20.8 Å². The van der Waals surface area contributed by atoms with Crippen LogP contribution in [-0.2, 0) is 0 Å². The highest BCUT2D eigenvalue weighted by molar-refractivity contribution is 5.94. The van der Waals surface area contributed by atoms with Crippen molar-refractivity contribution < 1.29 is 23.8 Å². The number of hydrogen-bond acceptors (Lipinski definition) is 9. The van der Waals surface area contributed by atoms with E-state index in [1.165, 1.54) is 12.0 Å². The Kier molecular flexibility index (Phi) is 10.6. The molecule has 0 bridgehead atoms. The second kappa shape index (κ2) is 14.5. The second-order valence-electron chi connectivity index (χ2n) is 10.8. The molecule has 45 heavy (non-hydrogen) atoms. The van der Waals surface area contributed by atoms with Gasteiger partial charge < -0.3 is 29.7 Å². The van der Waals surface area contributed by atoms with E-state index >= 15 is 0 Å². The molecule has 1 heterocycles. The zero-order valence-corrected chi connectivity index (χ0v) is 27.0. The highest BCUT2D eigenvalue weighted by Crippen LogP contribution is 2.33. The number of rotatable bonds is 11. The Morgan fingerprint density at radius 1 is 0.844 bits per heavy atom. The molecule has 0 unspecified atom stereocenters. The van der Waals surface area contributed by atoms with Crippen LogP contribution in [0.4, 0.5) is 22.1 Å². The van der Waals surface area contributed by atoms with Crippen molar-refractivity contribution in [2.24, 2.45) is 0 Å². The third-order valence-electron chi connectivity index (χ3n) is 7.50. The van der Waals surface area contributed by atoms with Crippen LogP contribution in [0, 0.1) is 20.8 Å². The van der Waals surface area contributed by atoms with Crippen LogP contribution < -0.4 is 29.7 Å². The summed E-state index contributed by atoms with van der Waals surface area (Å²) in [4.78, 5) is 38.5. The normalized spacial score (nSPS) is 10.8. The number of carbonyl (C=O) groups excluding carboxylic acids is 2. The fraction of sp³-hybridized carbons (Fsp3) is 0.294. The SMILES string of the molecule is COc1ccc(OC)c(N(C)C(=O)Oc2cc(-c3ccc(C)c(C)c3C)nc(Nc3ccc(C(=O)NCCN(C)C)cc3)n2)c1. The molecule has 2 N–H and O–H groups in total. The van der Waals surface area contributed by atoms with Gasteiger partial charge in [0, 0.05) is 49.1 Å². The number of anilines is 3. The molecule has 0 radical (unpaired) electrons. The lowest BCUT2D eigenvalue weighted by Gasteiger charge is -2.20. The van der Waals surface area contributed by atoms with Crippen molar-refractivity contribution in [3.05, 3.63) is 82.9 Å². The number of amides is 2. The van der Waals surface area contributed by atoms with Gasteiger partial charge in [0.1, 0.15) is 11.5 Å². The van der Waals surface area contributed by atoms with Gasteiger partial charge in [-0.1, -0.05) is 12.1 Å². The molecule has 236 valence electrons. The van der Waals surface area contributed by atoms with E-state index in [9.17, 15) is 9.59 Å². The summed E-state index contributed by atoms with van der Waals surface area (Å²) in [6.45, 7) is 7.44. The van der Waals surface area contributed by atoms with E-state index in [4.69, 9.17) is 19.2 Å². The summed E-state index contributed by atoms with van der Waals surface area (Å²) in [5.41, 5.74) is 6.47. The molecule has 0 atom stereocenters. The molecule has 0 saturated carbocycles. The van der Waals surface area contributed by atoms with Crippen molar-refractivity contribution in [3.8, 4) is 28.6 Å². The van der Waals surface area contributed by atoms with Gasteiger partial charge in [-0.2, -0.15) is 4.98 Å². The number of carbonyl (C=O) groups is 2. The zero-order chi connectivity index (χ0) is 32.7. The molecule has 0 spiro atoms. The van der Waals surface area contributed by atoms with Gasteiger partial charge in [-0.3, -0.25) is 9.69 Å². The van der Waals surface area contributed by atoms with E-state index in [2.05, 4.69) is 29.5 Å². The fourth-order valence-electron chi connectivity index (χ4n) is 4.55. The van der Waals surface area contributed by atoms with Gasteiger partial charge in [0.25, 0.3) is 5.91 Å². The molecule has 0 aliphatic heterocycles. The number of nitrogens with one attached hydrogen (secondary N) is 2. The summed E-state index contributed by atoms with van der Waals surface area (Å²) in [7, 11) is 8.55. The minimum Gasteiger partial charge on any atom is -0.497 e. The molecule has 0 saturated heterocycles. The molecule has 0 fully saturated rings. The summed E-state index contributed by atoms with van der Waals surface area (Å²) in [6.07, 6.45) is -0.682. The average Bonchev–Trinajstić information content (AvgIpc) is 3.03. The van der Waals surface area contributed by atoms with Crippen LogP contribution >= 0.6 is 0 Å². The first-order chi connectivity index (χ1) is 21.5. The topological polar surface area (TPSA) is 118 Å². The maximum absolute atomic E-state index is 13.4. The highest BCUT2D eigenvalue weighted by Gasteiger charge is 2.21. The van der Waals surface area contributed by atoms with Crippen LogP contribution in [0.3, 0.4) is 0 Å². The van der Waals surface area contributed by atoms with Crippen LogP contribution in [0.5, 0.6) is 17.4 Å². The molecule has 0 aliphatic rings. The molecule has 3 aromatic carbocycles. The largest absolute Gasteiger partial charge is 0.497 e. The lowest BCUT2D eigenvalue weighted by molar-refractivity contribution is 0.0951. The summed E-state index contributed by atoms with van der Waals surface area (Å²) >= 11 is 0. The number of methoxy groups -OCH3 is 2. The number of aromatic nitrogens is 2. The minimum atomic E-state index is -0.682. The highest BCUT2D eigenvalue weighted by atomic mass is 16.6. The zero-order valence-electron chi connectivity index (χ0n) is 27.0. The van der Waals surface area contributed by atoms with Crippen molar-refractivity contribution >= 4 is 29.3 Å². The molecule has 2 amide bonds. The van der Waals surface area contributed by atoms with Gasteiger partial charge in [-0.05, 0) is 88.0 Å². The van der Waals surface area contributed by atoms with E-state index in [1.807, 2.05) is 38.1 Å². The number of benzene rings is 3. The number of hydrogen-bond donors (Lipinski definition) is 2. The molecule has 0 aliphatic carbocycles. The van der Waals surface area contributed by atoms with Gasteiger partial charge in [0.15, 0.2) is 0 Å². The Morgan fingerprint density at radius 2 is 1.58 bits per heavy atom. The van der Waals surface area contributed by atoms with Gasteiger partial charge in [-0.25, -0.2) is 9.78 Å². The van der Waals surface area contributed by atoms with Gasteiger partial charge in [0.2, 0.25) is 11.8 Å². The van der Waals surface area contributed by atoms with Crippen LogP contribution in [-0.4, -0.2) is 75.3 Å². The first kappa shape index (κ1) is 32.7. The molecular formula is C34H40N6O5. The standard InChI is InChI=1S/C34H40N6O5/c1-21-9-15-27(23(3)22(21)2)28-20-31(45-34(42)40(6)29-19-26(43-7)14-16-30(29)44-8)38-33(37-28)36-25-12-10-24(11-13-25)32(41)35-17-18-39(4)5/h9-16,19-20H,17-18H2,1-8H3,(H,35,41)(H,36,37,38). The van der Waals surface area contributed by atoms with E-state index in [1.54, 1.807) is 62.7 Å². The Balaban J connectivity index is 1.64. The maximum atomic E-state index is 13.4. The monoisotopic (exact) mass is 612 g/mol. The molecular weight excluding hydrogens is 572 g/mol. The molecule has 4 rings (SSSR count). The molecule has 11 heteroatoms. The van der Waals surface area contributed by atoms with Gasteiger partial charge in [0.05, 0.1) is 25.6 Å². The molecule has 11 nitrogen and oxygen atoms in total. The smallest absolute Gasteiger partial charge is 0.420 e. The van der Waals surface area contributed by atoms with E-state index < -0.39 is 6.09 Å². The summed E-state index contributed by atoms with van der Waals surface area (Å²) in [5.74, 6) is 1.15. The van der Waals surface area contributed by atoms with Crippen molar-refractivity contribution in [3.63, 3.8) is 0 Å². The van der Waals surface area contributed by atoms with E-state index in [-0.39, 0.29) is 17.7 Å². The summed E-state index contributed by atoms with van der Waals surface area (Å²) in [5, 5.41) is 6.10. The first-order valence-corrected chi connectivity index (χ1v) is 14.4. The number of nitrogens with zero attached hydrogens (tertiary/aromatic N) is 4. The molecule has 1 aromatic heterocycles. The minimum absolute atomic E-state index is 0.0516. The lowest BCUT2D eigenvalue weighted by Crippen LogP contribution is -2.31. The third-order valence-corrected chi connectivity index (χ3v) is 7.50. The van der Waals surface area contributed by atoms with Gasteiger partial charge in [-0.15, -0.1) is 0 Å². The maximum Gasteiger partial charge on any atom is 0.420 e.